The first-order valence-corrected chi connectivity index (χ1v) is 10.4. The van der Waals surface area contributed by atoms with Crippen LogP contribution < -0.4 is 5.32 Å². The highest BCUT2D eigenvalue weighted by atomic mass is 28.3. The number of carbonyl (C=O) groups is 1. The summed E-state index contributed by atoms with van der Waals surface area (Å²) in [6.45, 7) is 7.57. The molecule has 0 aliphatic carbocycles. The molecule has 0 aromatic carbocycles. The van der Waals surface area contributed by atoms with Crippen LogP contribution in [0.3, 0.4) is 0 Å². The monoisotopic (exact) mass is 304 g/mol. The summed E-state index contributed by atoms with van der Waals surface area (Å²) in [5.41, 5.74) is 4.07. The summed E-state index contributed by atoms with van der Waals surface area (Å²) >= 11 is 0. The number of anilines is 1. The van der Waals surface area contributed by atoms with E-state index in [1.165, 1.54) is 4.90 Å². The highest BCUT2D eigenvalue weighted by molar-refractivity contribution is 6.83. The summed E-state index contributed by atoms with van der Waals surface area (Å²) in [5.74, 6) is 3.62. The second-order valence-corrected chi connectivity index (χ2v) is 10.9. The Bertz CT molecular complexity index is 571. The van der Waals surface area contributed by atoms with Gasteiger partial charge in [-0.15, -0.1) is 5.54 Å². The van der Waals surface area contributed by atoms with E-state index in [1.807, 2.05) is 0 Å². The van der Waals surface area contributed by atoms with Crippen molar-refractivity contribution >= 4 is 20.1 Å². The number of rotatable bonds is 2. The van der Waals surface area contributed by atoms with Crippen LogP contribution in [0.4, 0.5) is 10.7 Å². The number of carboxylic acid groups (broad SMARTS) is 1. The molecule has 2 N–H and O–H groups in total. The van der Waals surface area contributed by atoms with Gasteiger partial charge in [-0.25, -0.2) is 14.8 Å². The number of aromatic nitrogens is 2. The topological polar surface area (TPSA) is 78.4 Å². The minimum absolute atomic E-state index is 0.0695. The Morgan fingerprint density at radius 3 is 2.62 bits per heavy atom. The molecule has 1 fully saturated rings. The molecule has 0 spiro atoms. The van der Waals surface area contributed by atoms with Gasteiger partial charge in [0.2, 0.25) is 5.95 Å². The van der Waals surface area contributed by atoms with Gasteiger partial charge in [-0.3, -0.25) is 0 Å². The summed E-state index contributed by atoms with van der Waals surface area (Å²) in [5, 5.41) is 12.1. The van der Waals surface area contributed by atoms with Gasteiger partial charge in [-0.1, -0.05) is 25.6 Å². The Balaban J connectivity index is 1.94. The average molecular weight is 304 g/mol. The lowest BCUT2D eigenvalue weighted by Crippen LogP contribution is -2.30. The zero-order chi connectivity index (χ0) is 15.5. The maximum Gasteiger partial charge on any atom is 0.407 e. The number of nitrogens with zero attached hydrogens (tertiary/aromatic N) is 3. The lowest BCUT2D eigenvalue weighted by atomic mass is 10.3. The fourth-order valence-electron chi connectivity index (χ4n) is 1.96. The van der Waals surface area contributed by atoms with Crippen LogP contribution in [0, 0.1) is 11.5 Å². The first-order valence-electron chi connectivity index (χ1n) is 6.93. The van der Waals surface area contributed by atoms with Crippen molar-refractivity contribution in [2.45, 2.75) is 32.1 Å². The molecule has 1 saturated heterocycles. The third-order valence-electron chi connectivity index (χ3n) is 3.03. The first kappa shape index (κ1) is 15.3. The minimum Gasteiger partial charge on any atom is -0.465 e. The molecule has 1 aliphatic heterocycles. The van der Waals surface area contributed by atoms with Gasteiger partial charge in [0.05, 0.1) is 5.56 Å². The number of hydrogen-bond donors (Lipinski definition) is 2. The molecule has 21 heavy (non-hydrogen) atoms. The SMILES string of the molecule is C[Si](C)(C)C#Cc1cnc(NC2CCN(C(=O)O)C2)nc1. The summed E-state index contributed by atoms with van der Waals surface area (Å²) in [6, 6.07) is 0.0695. The first-order chi connectivity index (χ1) is 9.83. The molecule has 1 amide bonds. The van der Waals surface area contributed by atoms with Gasteiger partial charge in [-0.05, 0) is 6.42 Å². The molecule has 1 aromatic rings. The van der Waals surface area contributed by atoms with Crippen LogP contribution in [0.25, 0.3) is 0 Å². The van der Waals surface area contributed by atoms with Gasteiger partial charge in [0.25, 0.3) is 0 Å². The van der Waals surface area contributed by atoms with E-state index in [2.05, 4.69) is 46.4 Å². The predicted octanol–water partition coefficient (Wildman–Crippen LogP) is 1.87. The number of hydrogen-bond acceptors (Lipinski definition) is 4. The molecule has 1 unspecified atom stereocenters. The van der Waals surface area contributed by atoms with Crippen LogP contribution in [0.5, 0.6) is 0 Å². The molecule has 2 rings (SSSR count). The normalized spacial score (nSPS) is 18.0. The summed E-state index contributed by atoms with van der Waals surface area (Å²) in [6.07, 6.45) is 3.29. The van der Waals surface area contributed by atoms with Gasteiger partial charge in [-0.2, -0.15) is 0 Å². The summed E-state index contributed by atoms with van der Waals surface area (Å²) in [4.78, 5) is 20.7. The molecule has 1 atom stereocenters. The molecule has 7 heteroatoms. The van der Waals surface area contributed by atoms with Crippen LogP contribution in [0.1, 0.15) is 12.0 Å². The lowest BCUT2D eigenvalue weighted by Gasteiger charge is -2.13. The van der Waals surface area contributed by atoms with Crippen molar-refractivity contribution in [3.63, 3.8) is 0 Å². The molecule has 1 aliphatic rings. The van der Waals surface area contributed by atoms with Crippen LogP contribution in [0.2, 0.25) is 19.6 Å². The summed E-state index contributed by atoms with van der Waals surface area (Å²) < 4.78 is 0. The largest absolute Gasteiger partial charge is 0.465 e. The third kappa shape index (κ3) is 4.75. The second-order valence-electron chi connectivity index (χ2n) is 6.15. The maximum absolute atomic E-state index is 10.9. The van der Waals surface area contributed by atoms with Crippen molar-refractivity contribution < 1.29 is 9.90 Å². The number of likely N-dealkylation sites (tertiary alicyclic amines) is 1. The van der Waals surface area contributed by atoms with E-state index in [0.717, 1.165) is 12.0 Å². The standard InChI is InChI=1S/C14H20N4O2Si/c1-21(2,3)7-5-11-8-15-13(16-9-11)17-12-4-6-18(10-12)14(19)20/h8-9,12H,4,6,10H2,1-3H3,(H,19,20)(H,15,16,17). The van der Waals surface area contributed by atoms with E-state index >= 15 is 0 Å². The third-order valence-corrected chi connectivity index (χ3v) is 3.90. The molecule has 112 valence electrons. The molecule has 0 bridgehead atoms. The van der Waals surface area contributed by atoms with Crippen molar-refractivity contribution in [1.29, 1.82) is 0 Å². The van der Waals surface area contributed by atoms with Crippen molar-refractivity contribution in [1.82, 2.24) is 14.9 Å². The number of amides is 1. The number of nitrogens with one attached hydrogen (secondary N) is 1. The highest BCUT2D eigenvalue weighted by Gasteiger charge is 2.26. The van der Waals surface area contributed by atoms with Crippen LogP contribution >= 0.6 is 0 Å². The smallest absolute Gasteiger partial charge is 0.407 e. The molecular weight excluding hydrogens is 284 g/mol. The van der Waals surface area contributed by atoms with Gasteiger partial charge in [0, 0.05) is 31.5 Å². The fraction of sp³-hybridized carbons (Fsp3) is 0.500. The molecule has 0 saturated carbocycles. The Labute approximate surface area is 125 Å². The zero-order valence-electron chi connectivity index (χ0n) is 12.6. The van der Waals surface area contributed by atoms with E-state index in [9.17, 15) is 4.79 Å². The van der Waals surface area contributed by atoms with Gasteiger partial charge in [0.15, 0.2) is 0 Å². The highest BCUT2D eigenvalue weighted by Crippen LogP contribution is 2.13. The van der Waals surface area contributed by atoms with E-state index in [1.54, 1.807) is 12.4 Å². The predicted molar refractivity (Wildman–Crippen MR) is 83.9 cm³/mol. The Hall–Kier alpha value is -2.07. The Morgan fingerprint density at radius 1 is 1.43 bits per heavy atom. The summed E-state index contributed by atoms with van der Waals surface area (Å²) in [7, 11) is -1.39. The van der Waals surface area contributed by atoms with Gasteiger partial charge in [0.1, 0.15) is 8.07 Å². The van der Waals surface area contributed by atoms with E-state index in [0.29, 0.717) is 19.0 Å². The average Bonchev–Trinajstić information content (AvgIpc) is 2.86. The van der Waals surface area contributed by atoms with Crippen LogP contribution in [-0.2, 0) is 0 Å². The Kier molecular flexibility index (Phi) is 4.48. The molecule has 6 nitrogen and oxygen atoms in total. The van der Waals surface area contributed by atoms with Gasteiger partial charge < -0.3 is 15.3 Å². The quantitative estimate of drug-likeness (QED) is 0.644. The van der Waals surface area contributed by atoms with E-state index < -0.39 is 14.2 Å². The van der Waals surface area contributed by atoms with Crippen molar-refractivity contribution in [2.24, 2.45) is 0 Å². The van der Waals surface area contributed by atoms with Crippen molar-refractivity contribution in [3.8, 4) is 11.5 Å². The van der Waals surface area contributed by atoms with E-state index in [4.69, 9.17) is 5.11 Å². The Morgan fingerprint density at radius 2 is 2.10 bits per heavy atom. The molecule has 0 radical (unpaired) electrons. The second kappa shape index (κ2) is 6.14. The lowest BCUT2D eigenvalue weighted by molar-refractivity contribution is 0.155. The fourth-order valence-corrected chi connectivity index (χ4v) is 2.48. The van der Waals surface area contributed by atoms with Crippen molar-refractivity contribution in [2.75, 3.05) is 18.4 Å². The van der Waals surface area contributed by atoms with Crippen molar-refractivity contribution in [3.05, 3.63) is 18.0 Å². The zero-order valence-corrected chi connectivity index (χ0v) is 13.6. The molecule has 1 aromatic heterocycles. The van der Waals surface area contributed by atoms with E-state index in [-0.39, 0.29) is 6.04 Å². The van der Waals surface area contributed by atoms with Crippen LogP contribution in [-0.4, -0.2) is 53.3 Å². The maximum atomic E-state index is 10.9. The molecule has 2 heterocycles. The van der Waals surface area contributed by atoms with Crippen LogP contribution in [0.15, 0.2) is 12.4 Å². The van der Waals surface area contributed by atoms with Gasteiger partial charge >= 0.3 is 6.09 Å². The molecular formula is C14H20N4O2Si. The minimum atomic E-state index is -1.39.